The van der Waals surface area contributed by atoms with E-state index >= 15 is 0 Å². The number of piperidine rings is 1. The van der Waals surface area contributed by atoms with Gasteiger partial charge in [-0.15, -0.1) is 0 Å². The Bertz CT molecular complexity index is 5780. The summed E-state index contributed by atoms with van der Waals surface area (Å²) in [6.07, 6.45) is -2.23. The molecule has 44 heteroatoms. The number of para-hydroxylation sites is 3. The van der Waals surface area contributed by atoms with Crippen molar-refractivity contribution in [3.05, 3.63) is 178 Å². The van der Waals surface area contributed by atoms with Gasteiger partial charge in [0.15, 0.2) is 47.0 Å². The molecule has 0 aliphatic carbocycles. The van der Waals surface area contributed by atoms with Gasteiger partial charge >= 0.3 is 30.1 Å². The number of aliphatic carboxylic acids is 1. The first-order valence-corrected chi connectivity index (χ1v) is 45.2. The normalized spacial score (nSPS) is 13.8. The van der Waals surface area contributed by atoms with Gasteiger partial charge < -0.3 is 76.1 Å². The second kappa shape index (κ2) is 44.2. The van der Waals surface area contributed by atoms with Crippen LogP contribution in [0.25, 0.3) is 0 Å². The number of halogens is 9. The lowest BCUT2D eigenvalue weighted by Crippen LogP contribution is -2.53. The lowest BCUT2D eigenvalue weighted by Gasteiger charge is -2.35. The first-order chi connectivity index (χ1) is 60.0. The van der Waals surface area contributed by atoms with Gasteiger partial charge in [-0.1, -0.05) is 89.4 Å². The highest BCUT2D eigenvalue weighted by molar-refractivity contribution is 7.92. The Morgan fingerprint density at radius 3 is 1.00 bits per heavy atom. The van der Waals surface area contributed by atoms with Crippen molar-refractivity contribution < 1.29 is 94.9 Å². The number of carboxylic acids is 1. The summed E-state index contributed by atoms with van der Waals surface area (Å²) < 4.78 is 167. The summed E-state index contributed by atoms with van der Waals surface area (Å²) in [5.41, 5.74) is 4.42. The molecule has 3 fully saturated rings. The van der Waals surface area contributed by atoms with Crippen LogP contribution in [-0.4, -0.2) is 224 Å². The molecule has 6 aromatic carbocycles. The monoisotopic (exact) mass is 1880 g/mol. The largest absolute Gasteiger partial charge is 0.495 e. The minimum Gasteiger partial charge on any atom is -0.495 e. The molecule has 0 bridgehead atoms. The molecule has 8 N–H and O–H groups in total. The average molecular weight is 1890 g/mol. The molecule has 127 heavy (non-hydrogen) atoms. The van der Waals surface area contributed by atoms with E-state index in [-0.39, 0.29) is 141 Å². The van der Waals surface area contributed by atoms with E-state index < -0.39 is 75.4 Å². The van der Waals surface area contributed by atoms with Crippen molar-refractivity contribution in [2.24, 2.45) is 0 Å². The molecule has 0 saturated carbocycles. The number of carboxylic acid groups (broad SMARTS) is 1. The number of hydrogen-bond acceptors (Lipinski definition) is 27. The maximum absolute atomic E-state index is 12.9. The van der Waals surface area contributed by atoms with Gasteiger partial charge in [0.25, 0.3) is 0 Å². The standard InChI is InChI=1S/C28H30ClF3N6O5S.C27H32ClN5O4S.C22H23ClN4O5S.C6H9F3N2O/c1-17(2)44(41,42)23-7-5-4-6-20(23)34-25-19(29)16-33-27(36-25)35-21-14-18(8-9-22(21)43-3)15-24(39)37-10-12-38(13-11-37)26(40)28(30,31)32;1-18(2)38(35,36)24-10-6-5-9-21(24)30-26-20(28)17-29-27(32-26)31-22-15-19(11-12-23(22)37-3)16-25(34)33-13-7-4-8-14-33;1-13(2)33(30,31)19-7-5-4-6-16(19)25-21-15(23)12-24-22(27-21)26-17-10-14(11-20(28)29)8-9-18(17)32-3;7-6(8,9)5(12)11-3-1-10-2-4-11/h4-9,14,16-17H,10-13,15H2,1-3H3,(H2,33,34,35,36);5-6,9-12,15,17-18H,4,7-8,13-14,16H2,1-3H3,(H2,29,30,31,32);4-10,12-13H,11H2,1-3H3,(H,28,29)(H2,24,25,26,27);10H,1-4H2. The first kappa shape index (κ1) is 99.2. The molecule has 32 nitrogen and oxygen atoms in total. The second-order valence-corrected chi connectivity index (χ2v) is 38.0. The maximum atomic E-state index is 12.9. The van der Waals surface area contributed by atoms with Gasteiger partial charge in [0.2, 0.25) is 29.7 Å². The molecule has 3 saturated heterocycles. The molecule has 3 aliphatic heterocycles. The number of piperazine rings is 2. The molecule has 682 valence electrons. The van der Waals surface area contributed by atoms with Crippen LogP contribution in [0.3, 0.4) is 0 Å². The number of sulfone groups is 3. The number of hydrogen-bond donors (Lipinski definition) is 8. The lowest BCUT2D eigenvalue weighted by molar-refractivity contribution is -0.187. The summed E-state index contributed by atoms with van der Waals surface area (Å²) in [6.45, 7) is 11.9. The van der Waals surface area contributed by atoms with Crippen LogP contribution in [0.4, 0.5) is 95.8 Å². The van der Waals surface area contributed by atoms with Gasteiger partial charge in [0, 0.05) is 65.4 Å². The third-order valence-electron chi connectivity index (χ3n) is 19.5. The number of nitrogens with one attached hydrogen (secondary N) is 7. The quantitative estimate of drug-likeness (QED) is 0.0222. The fraction of sp³-hybridized carbons (Fsp3) is 0.361. The molecule has 0 unspecified atom stereocenters. The van der Waals surface area contributed by atoms with Gasteiger partial charge in [-0.25, -0.2) is 40.2 Å². The van der Waals surface area contributed by atoms with E-state index in [4.69, 9.17) is 54.1 Å². The zero-order valence-electron chi connectivity index (χ0n) is 70.2. The number of benzene rings is 6. The first-order valence-electron chi connectivity index (χ1n) is 39.4. The number of anilines is 12. The van der Waals surface area contributed by atoms with Crippen LogP contribution in [-0.2, 0) is 72.7 Å². The second-order valence-electron chi connectivity index (χ2n) is 29.4. The molecule has 0 atom stereocenters. The number of nitrogens with zero attached hydrogens (tertiary/aromatic N) is 10. The molecular formula is C83H94Cl3F6N17O15S3. The van der Waals surface area contributed by atoms with E-state index in [0.29, 0.717) is 74.8 Å². The number of methoxy groups -OCH3 is 3. The van der Waals surface area contributed by atoms with Crippen LogP contribution in [0, 0.1) is 0 Å². The van der Waals surface area contributed by atoms with E-state index in [2.05, 4.69) is 67.1 Å². The third-order valence-corrected chi connectivity index (χ3v) is 27.0. The van der Waals surface area contributed by atoms with Crippen molar-refractivity contribution in [1.29, 1.82) is 0 Å². The van der Waals surface area contributed by atoms with Crippen LogP contribution in [0.1, 0.15) is 77.5 Å². The Morgan fingerprint density at radius 1 is 0.409 bits per heavy atom. The van der Waals surface area contributed by atoms with Crippen molar-refractivity contribution in [3.8, 4) is 17.2 Å². The average Bonchev–Trinajstić information content (AvgIpc) is 0.801. The Balaban J connectivity index is 0.000000203. The number of alkyl halides is 6. The molecule has 9 aromatic rings. The van der Waals surface area contributed by atoms with Gasteiger partial charge in [0.05, 0.1) is 124 Å². The SMILES string of the molecule is COc1ccc(CC(=O)N2CCCCC2)cc1Nc1ncc(Cl)c(Nc2ccccc2S(=O)(=O)C(C)C)n1.COc1ccc(CC(=O)N2CCN(C(=O)C(F)(F)F)CC2)cc1Nc1ncc(Cl)c(Nc2ccccc2S(=O)(=O)C(C)C)n1.COc1ccc(CC(=O)O)cc1Nc1ncc(Cl)c(Nc2ccccc2S(=O)(=O)C(C)C)n1.O=C(N1CCNCC1)C(F)(F)F. The van der Waals surface area contributed by atoms with Crippen molar-refractivity contribution in [2.45, 2.75) is 123 Å². The van der Waals surface area contributed by atoms with E-state index in [1.807, 2.05) is 17.0 Å². The Kier molecular flexibility index (Phi) is 34.5. The van der Waals surface area contributed by atoms with E-state index in [9.17, 15) is 75.6 Å². The number of rotatable bonds is 27. The molecule has 0 radical (unpaired) electrons. The van der Waals surface area contributed by atoms with Crippen LogP contribution in [0.15, 0.2) is 161 Å². The highest BCUT2D eigenvalue weighted by Crippen LogP contribution is 2.38. The molecule has 12 rings (SSSR count). The van der Waals surface area contributed by atoms with Crippen molar-refractivity contribution in [1.82, 2.24) is 54.8 Å². The fourth-order valence-electron chi connectivity index (χ4n) is 12.7. The minimum atomic E-state index is -4.96. The van der Waals surface area contributed by atoms with Crippen LogP contribution in [0.5, 0.6) is 17.2 Å². The highest BCUT2D eigenvalue weighted by Gasteiger charge is 2.44. The number of ether oxygens (including phenoxy) is 3. The maximum Gasteiger partial charge on any atom is 0.471 e. The van der Waals surface area contributed by atoms with Gasteiger partial charge in [-0.2, -0.15) is 41.3 Å². The lowest BCUT2D eigenvalue weighted by atomic mass is 10.1. The minimum absolute atomic E-state index is 0.0160. The fourth-order valence-corrected chi connectivity index (χ4v) is 16.7. The van der Waals surface area contributed by atoms with Gasteiger partial charge in [-0.05, 0) is 150 Å². The van der Waals surface area contributed by atoms with E-state index in [1.165, 1.54) is 49.8 Å². The Labute approximate surface area is 745 Å². The van der Waals surface area contributed by atoms with Gasteiger partial charge in [0.1, 0.15) is 32.3 Å². The number of amides is 4. The van der Waals surface area contributed by atoms with Crippen LogP contribution >= 0.6 is 34.8 Å². The molecule has 3 aliphatic rings. The number of carbonyl (C=O) groups excluding carboxylic acids is 4. The predicted molar refractivity (Wildman–Crippen MR) is 470 cm³/mol. The Hall–Kier alpha value is -11.6. The zero-order valence-corrected chi connectivity index (χ0v) is 74.9. The van der Waals surface area contributed by atoms with Crippen molar-refractivity contribution in [3.63, 3.8) is 0 Å². The molecule has 6 heterocycles. The number of aromatic nitrogens is 6. The van der Waals surface area contributed by atoms with E-state index in [0.717, 1.165) is 42.8 Å². The summed E-state index contributed by atoms with van der Waals surface area (Å²) in [5, 5.41) is 28.8. The van der Waals surface area contributed by atoms with Crippen molar-refractivity contribution in [2.75, 3.05) is 119 Å². The molecule has 0 spiro atoms. The summed E-state index contributed by atoms with van der Waals surface area (Å²) in [7, 11) is -6.22. The number of likely N-dealkylation sites (tertiary alicyclic amines) is 1. The summed E-state index contributed by atoms with van der Waals surface area (Å²) in [4.78, 5) is 89.9. The molecule has 3 aromatic heterocycles. The van der Waals surface area contributed by atoms with Crippen LogP contribution in [0.2, 0.25) is 15.1 Å². The highest BCUT2D eigenvalue weighted by atomic mass is 35.5. The topological polar surface area (TPSA) is 410 Å². The zero-order chi connectivity index (χ0) is 92.9. The number of carbonyl (C=O) groups is 5. The molecule has 4 amide bonds. The summed E-state index contributed by atoms with van der Waals surface area (Å²) in [5.74, 6) is -2.36. The Morgan fingerprint density at radius 2 is 0.701 bits per heavy atom. The van der Waals surface area contributed by atoms with Gasteiger partial charge in [-0.3, -0.25) is 24.0 Å². The summed E-state index contributed by atoms with van der Waals surface area (Å²) in [6, 6.07) is 34.9. The summed E-state index contributed by atoms with van der Waals surface area (Å²) >= 11 is 19.0. The third kappa shape index (κ3) is 27.0. The van der Waals surface area contributed by atoms with Crippen LogP contribution < -0.4 is 51.4 Å². The predicted octanol–water partition coefficient (Wildman–Crippen LogP) is 14.4. The smallest absolute Gasteiger partial charge is 0.471 e. The molecular weight excluding hydrogens is 1790 g/mol. The van der Waals surface area contributed by atoms with Crippen molar-refractivity contribution >= 4 is 163 Å². The van der Waals surface area contributed by atoms with E-state index in [1.54, 1.807) is 152 Å².